The predicted molar refractivity (Wildman–Crippen MR) is 74.6 cm³/mol. The molecule has 1 aromatic heterocycles. The second-order valence-electron chi connectivity index (χ2n) is 3.09. The largest absolute Gasteiger partial charge is 0.288 e. The number of thiophene rings is 1. The molecule has 0 N–H and O–H groups in total. The lowest BCUT2D eigenvalue weighted by Gasteiger charge is -2.03. The molecule has 1 nitrogen and oxygen atoms in total. The number of halogens is 3. The Labute approximate surface area is 119 Å². The van der Waals surface area contributed by atoms with E-state index in [1.807, 2.05) is 10.8 Å². The summed E-state index contributed by atoms with van der Waals surface area (Å²) in [4.78, 5) is 12.1. The highest BCUT2D eigenvalue weighted by molar-refractivity contribution is 9.10. The molecular weight excluding hydrogens is 375 g/mol. The minimum Gasteiger partial charge on any atom is -0.288 e. The first-order valence-electron chi connectivity index (χ1n) is 4.31. The lowest BCUT2D eigenvalue weighted by Crippen LogP contribution is -2.01. The number of carbonyl (C=O) groups is 1. The van der Waals surface area contributed by atoms with Crippen LogP contribution in [0.4, 0.5) is 0 Å². The fraction of sp³-hybridized carbons (Fsp3) is 0. The highest BCUT2D eigenvalue weighted by Crippen LogP contribution is 2.28. The smallest absolute Gasteiger partial charge is 0.196 e. The highest BCUT2D eigenvalue weighted by Gasteiger charge is 2.16. The summed E-state index contributed by atoms with van der Waals surface area (Å²) in [7, 11) is 0. The summed E-state index contributed by atoms with van der Waals surface area (Å²) >= 11 is 14.2. The Balaban J connectivity index is 2.46. The summed E-state index contributed by atoms with van der Waals surface area (Å²) in [6.45, 7) is 0. The maximum Gasteiger partial charge on any atom is 0.196 e. The average molecular weight is 380 g/mol. The van der Waals surface area contributed by atoms with Gasteiger partial charge in [-0.3, -0.25) is 4.79 Å². The number of ketones is 1. The fourth-order valence-electron chi connectivity index (χ4n) is 1.26. The molecule has 1 heterocycles. The van der Waals surface area contributed by atoms with Crippen molar-refractivity contribution >= 4 is 60.6 Å². The molecule has 16 heavy (non-hydrogen) atoms. The number of hydrogen-bond acceptors (Lipinski definition) is 2. The molecule has 0 saturated carbocycles. The second-order valence-corrected chi connectivity index (χ2v) is 6.01. The summed E-state index contributed by atoms with van der Waals surface area (Å²) in [5.41, 5.74) is 1.16. The maximum absolute atomic E-state index is 12.1. The molecule has 0 amide bonds. The zero-order chi connectivity index (χ0) is 11.7. The van der Waals surface area contributed by atoms with Crippen molar-refractivity contribution in [1.82, 2.24) is 0 Å². The van der Waals surface area contributed by atoms with Crippen LogP contribution >= 0.6 is 54.8 Å². The van der Waals surface area contributed by atoms with Crippen molar-refractivity contribution in [3.05, 3.63) is 54.1 Å². The Morgan fingerprint density at radius 2 is 1.94 bits per heavy atom. The Hall–Kier alpha value is -0.160. The van der Waals surface area contributed by atoms with Gasteiger partial charge in [-0.05, 0) is 34.1 Å². The molecule has 1 aromatic carbocycles. The van der Waals surface area contributed by atoms with Gasteiger partial charge in [-0.25, -0.2) is 0 Å². The van der Waals surface area contributed by atoms with Gasteiger partial charge in [0.15, 0.2) is 5.78 Å². The minimum absolute atomic E-state index is 0.0642. The normalized spacial score (nSPS) is 10.4. The molecule has 0 radical (unpaired) electrons. The Morgan fingerprint density at radius 1 is 1.19 bits per heavy atom. The zero-order valence-corrected chi connectivity index (χ0v) is 12.6. The van der Waals surface area contributed by atoms with Crippen LogP contribution in [-0.2, 0) is 0 Å². The molecular formula is C11H5Br2ClOS. The van der Waals surface area contributed by atoms with Crippen LogP contribution in [0, 0.1) is 0 Å². The van der Waals surface area contributed by atoms with Crippen molar-refractivity contribution in [3.8, 4) is 0 Å². The van der Waals surface area contributed by atoms with Crippen molar-refractivity contribution < 1.29 is 4.79 Å². The van der Waals surface area contributed by atoms with E-state index < -0.39 is 0 Å². The summed E-state index contributed by atoms with van der Waals surface area (Å²) < 4.78 is 1.67. The first-order chi connectivity index (χ1) is 7.59. The van der Waals surface area contributed by atoms with Gasteiger partial charge in [-0.1, -0.05) is 27.5 Å². The van der Waals surface area contributed by atoms with E-state index in [9.17, 15) is 4.79 Å². The van der Waals surface area contributed by atoms with Gasteiger partial charge in [0, 0.05) is 30.8 Å². The quantitative estimate of drug-likeness (QED) is 0.658. The van der Waals surface area contributed by atoms with Crippen molar-refractivity contribution in [3.63, 3.8) is 0 Å². The number of hydrogen-bond donors (Lipinski definition) is 0. The molecule has 0 aliphatic carbocycles. The SMILES string of the molecule is O=C(c1ccc(Br)cc1Cl)c1cscc1Br. The Bertz CT molecular complexity index is 551. The van der Waals surface area contributed by atoms with E-state index >= 15 is 0 Å². The predicted octanol–water partition coefficient (Wildman–Crippen LogP) is 5.16. The molecule has 0 atom stereocenters. The van der Waals surface area contributed by atoms with E-state index in [1.54, 1.807) is 18.2 Å². The van der Waals surface area contributed by atoms with Crippen LogP contribution in [0.5, 0.6) is 0 Å². The van der Waals surface area contributed by atoms with E-state index in [1.165, 1.54) is 11.3 Å². The van der Waals surface area contributed by atoms with Gasteiger partial charge in [0.25, 0.3) is 0 Å². The topological polar surface area (TPSA) is 17.1 Å². The van der Waals surface area contributed by atoms with Crippen LogP contribution in [0.1, 0.15) is 15.9 Å². The van der Waals surface area contributed by atoms with E-state index in [-0.39, 0.29) is 5.78 Å². The molecule has 2 aromatic rings. The van der Waals surface area contributed by atoms with Crippen LogP contribution in [0.15, 0.2) is 37.9 Å². The lowest BCUT2D eigenvalue weighted by atomic mass is 10.1. The van der Waals surface area contributed by atoms with Crippen LogP contribution in [-0.4, -0.2) is 5.78 Å². The molecule has 0 saturated heterocycles. The highest BCUT2D eigenvalue weighted by atomic mass is 79.9. The molecule has 0 aliphatic heterocycles. The van der Waals surface area contributed by atoms with Crippen LogP contribution in [0.2, 0.25) is 5.02 Å². The van der Waals surface area contributed by atoms with E-state index in [4.69, 9.17) is 11.6 Å². The Morgan fingerprint density at radius 3 is 2.50 bits per heavy atom. The Kier molecular flexibility index (Phi) is 3.85. The molecule has 0 spiro atoms. The summed E-state index contributed by atoms with van der Waals surface area (Å²) in [6.07, 6.45) is 0. The molecule has 5 heteroatoms. The second kappa shape index (κ2) is 5.00. The summed E-state index contributed by atoms with van der Waals surface area (Å²) in [6, 6.07) is 5.24. The molecule has 0 fully saturated rings. The summed E-state index contributed by atoms with van der Waals surface area (Å²) in [5, 5.41) is 4.14. The third kappa shape index (κ3) is 2.40. The monoisotopic (exact) mass is 378 g/mol. The maximum atomic E-state index is 12.1. The lowest BCUT2D eigenvalue weighted by molar-refractivity contribution is 0.103. The van der Waals surface area contributed by atoms with Gasteiger partial charge in [-0.2, -0.15) is 11.3 Å². The number of benzene rings is 1. The third-order valence-corrected chi connectivity index (χ3v) is 4.54. The van der Waals surface area contributed by atoms with Gasteiger partial charge in [0.2, 0.25) is 0 Å². The minimum atomic E-state index is -0.0642. The molecule has 2 rings (SSSR count). The van der Waals surface area contributed by atoms with Crippen molar-refractivity contribution in [2.45, 2.75) is 0 Å². The van der Waals surface area contributed by atoms with Gasteiger partial charge in [0.1, 0.15) is 0 Å². The first-order valence-corrected chi connectivity index (χ1v) is 7.21. The van der Waals surface area contributed by atoms with E-state index in [2.05, 4.69) is 31.9 Å². The van der Waals surface area contributed by atoms with E-state index in [0.29, 0.717) is 16.1 Å². The zero-order valence-electron chi connectivity index (χ0n) is 7.84. The van der Waals surface area contributed by atoms with Gasteiger partial charge in [0.05, 0.1) is 5.02 Å². The molecule has 0 aliphatic rings. The first kappa shape index (κ1) is 12.3. The molecule has 0 bridgehead atoms. The average Bonchev–Trinajstić information content (AvgIpc) is 2.63. The number of rotatable bonds is 2. The fourth-order valence-corrected chi connectivity index (χ4v) is 3.48. The van der Waals surface area contributed by atoms with Crippen molar-refractivity contribution in [1.29, 1.82) is 0 Å². The van der Waals surface area contributed by atoms with Crippen LogP contribution in [0.25, 0.3) is 0 Å². The number of carbonyl (C=O) groups excluding carboxylic acids is 1. The van der Waals surface area contributed by atoms with E-state index in [0.717, 1.165) is 8.95 Å². The molecule has 82 valence electrons. The van der Waals surface area contributed by atoms with Gasteiger partial charge >= 0.3 is 0 Å². The van der Waals surface area contributed by atoms with Crippen molar-refractivity contribution in [2.75, 3.05) is 0 Å². The van der Waals surface area contributed by atoms with Crippen LogP contribution in [0.3, 0.4) is 0 Å². The standard InChI is InChI=1S/C11H5Br2ClOS/c12-6-1-2-7(10(14)3-6)11(15)8-4-16-5-9(8)13/h1-5H. The third-order valence-electron chi connectivity index (χ3n) is 2.04. The summed E-state index contributed by atoms with van der Waals surface area (Å²) in [5.74, 6) is -0.0642. The van der Waals surface area contributed by atoms with Gasteiger partial charge in [-0.15, -0.1) is 0 Å². The molecule has 0 unspecified atom stereocenters. The van der Waals surface area contributed by atoms with Gasteiger partial charge < -0.3 is 0 Å². The van der Waals surface area contributed by atoms with Crippen molar-refractivity contribution in [2.24, 2.45) is 0 Å². The van der Waals surface area contributed by atoms with Crippen LogP contribution < -0.4 is 0 Å².